The van der Waals surface area contributed by atoms with E-state index in [9.17, 15) is 0 Å². The summed E-state index contributed by atoms with van der Waals surface area (Å²) in [7, 11) is 1.79. The highest BCUT2D eigenvalue weighted by Crippen LogP contribution is 2.15. The summed E-state index contributed by atoms with van der Waals surface area (Å²) in [6.07, 6.45) is 0.806. The van der Waals surface area contributed by atoms with E-state index in [0.717, 1.165) is 6.42 Å². The summed E-state index contributed by atoms with van der Waals surface area (Å²) in [6, 6.07) is 2.19. The Labute approximate surface area is 54.6 Å². The molecule has 1 aliphatic rings. The van der Waals surface area contributed by atoms with Gasteiger partial charge < -0.3 is 10.1 Å². The zero-order valence-electron chi connectivity index (χ0n) is 5.48. The highest BCUT2D eigenvalue weighted by atomic mass is 16.5. The average Bonchev–Trinajstić information content (AvgIpc) is 2.36. The second-order valence-corrected chi connectivity index (χ2v) is 2.25. The SMILES string of the molecule is CNC1(C#N)CCOC1. The number of nitrogens with zero attached hydrogens (tertiary/aromatic N) is 1. The Hall–Kier alpha value is -0.590. The lowest BCUT2D eigenvalue weighted by molar-refractivity contribution is 0.182. The smallest absolute Gasteiger partial charge is 0.132 e. The van der Waals surface area contributed by atoms with Gasteiger partial charge in [-0.25, -0.2) is 0 Å². The number of ether oxygens (including phenoxy) is 1. The highest BCUT2D eigenvalue weighted by Gasteiger charge is 2.32. The molecule has 0 spiro atoms. The van der Waals surface area contributed by atoms with Crippen LogP contribution in [0.4, 0.5) is 0 Å². The second kappa shape index (κ2) is 2.34. The number of nitrogens with one attached hydrogen (secondary N) is 1. The van der Waals surface area contributed by atoms with E-state index in [1.165, 1.54) is 0 Å². The van der Waals surface area contributed by atoms with Crippen molar-refractivity contribution in [3.63, 3.8) is 0 Å². The molecular formula is C6H10N2O. The van der Waals surface area contributed by atoms with Gasteiger partial charge in [0.15, 0.2) is 0 Å². The predicted octanol–water partition coefficient (Wildman–Crippen LogP) is -0.112. The van der Waals surface area contributed by atoms with Crippen LogP contribution >= 0.6 is 0 Å². The van der Waals surface area contributed by atoms with Gasteiger partial charge in [-0.2, -0.15) is 5.26 Å². The fourth-order valence-electron chi connectivity index (χ4n) is 0.906. The fourth-order valence-corrected chi connectivity index (χ4v) is 0.906. The predicted molar refractivity (Wildman–Crippen MR) is 32.8 cm³/mol. The van der Waals surface area contributed by atoms with Gasteiger partial charge in [0.2, 0.25) is 0 Å². The van der Waals surface area contributed by atoms with Crippen molar-refractivity contribution in [2.24, 2.45) is 0 Å². The fraction of sp³-hybridized carbons (Fsp3) is 0.833. The van der Waals surface area contributed by atoms with Crippen molar-refractivity contribution in [2.75, 3.05) is 20.3 Å². The minimum absolute atomic E-state index is 0.389. The molecule has 9 heavy (non-hydrogen) atoms. The first-order chi connectivity index (χ1) is 4.33. The van der Waals surface area contributed by atoms with Crippen LogP contribution in [0.5, 0.6) is 0 Å². The molecule has 1 unspecified atom stereocenters. The minimum atomic E-state index is -0.389. The van der Waals surface area contributed by atoms with Crippen molar-refractivity contribution >= 4 is 0 Å². The zero-order valence-corrected chi connectivity index (χ0v) is 5.48. The van der Waals surface area contributed by atoms with Crippen LogP contribution in [-0.2, 0) is 4.74 Å². The molecule has 0 aromatic carbocycles. The molecule has 0 aromatic heterocycles. The van der Waals surface area contributed by atoms with Crippen molar-refractivity contribution in [1.29, 1.82) is 5.26 Å². The largest absolute Gasteiger partial charge is 0.378 e. The molecule has 1 heterocycles. The van der Waals surface area contributed by atoms with Gasteiger partial charge in [-0.05, 0) is 7.05 Å². The Kier molecular flexibility index (Phi) is 1.70. The third kappa shape index (κ3) is 1.04. The van der Waals surface area contributed by atoms with E-state index >= 15 is 0 Å². The standard InChI is InChI=1S/C6H10N2O/c1-8-6(4-7)2-3-9-5-6/h8H,2-3,5H2,1H3. The molecule has 1 aliphatic heterocycles. The second-order valence-electron chi connectivity index (χ2n) is 2.25. The van der Waals surface area contributed by atoms with Crippen molar-refractivity contribution in [3.8, 4) is 6.07 Å². The monoisotopic (exact) mass is 126 g/mol. The molecule has 0 aliphatic carbocycles. The Morgan fingerprint density at radius 1 is 1.78 bits per heavy atom. The molecule has 3 heteroatoms. The average molecular weight is 126 g/mol. The van der Waals surface area contributed by atoms with Crippen molar-refractivity contribution in [1.82, 2.24) is 5.32 Å². The summed E-state index contributed by atoms with van der Waals surface area (Å²) >= 11 is 0. The molecule has 0 saturated carbocycles. The first-order valence-electron chi connectivity index (χ1n) is 3.01. The maximum absolute atomic E-state index is 8.62. The van der Waals surface area contributed by atoms with Crippen LogP contribution in [0.25, 0.3) is 0 Å². The molecule has 0 bridgehead atoms. The van der Waals surface area contributed by atoms with Crippen LogP contribution in [-0.4, -0.2) is 25.8 Å². The van der Waals surface area contributed by atoms with E-state index in [4.69, 9.17) is 10.00 Å². The van der Waals surface area contributed by atoms with E-state index < -0.39 is 0 Å². The van der Waals surface area contributed by atoms with Gasteiger partial charge in [0.1, 0.15) is 5.54 Å². The zero-order chi connectivity index (χ0) is 6.74. The van der Waals surface area contributed by atoms with Crippen molar-refractivity contribution in [2.45, 2.75) is 12.0 Å². The summed E-state index contributed by atoms with van der Waals surface area (Å²) in [5, 5.41) is 11.6. The molecule has 1 fully saturated rings. The molecule has 1 N–H and O–H groups in total. The number of likely N-dealkylation sites (N-methyl/N-ethyl adjacent to an activating group) is 1. The maximum atomic E-state index is 8.62. The van der Waals surface area contributed by atoms with E-state index in [0.29, 0.717) is 13.2 Å². The van der Waals surface area contributed by atoms with Crippen LogP contribution in [0.2, 0.25) is 0 Å². The topological polar surface area (TPSA) is 45.0 Å². The Morgan fingerprint density at radius 2 is 2.56 bits per heavy atom. The minimum Gasteiger partial charge on any atom is -0.378 e. The van der Waals surface area contributed by atoms with Crippen molar-refractivity contribution in [3.05, 3.63) is 0 Å². The van der Waals surface area contributed by atoms with Gasteiger partial charge in [-0.15, -0.1) is 0 Å². The molecule has 0 aromatic rings. The summed E-state index contributed by atoms with van der Waals surface area (Å²) in [5.74, 6) is 0. The number of rotatable bonds is 1. The van der Waals surface area contributed by atoms with Gasteiger partial charge >= 0.3 is 0 Å². The Bertz CT molecular complexity index is 132. The number of hydrogen-bond acceptors (Lipinski definition) is 3. The van der Waals surface area contributed by atoms with E-state index in [1.807, 2.05) is 0 Å². The van der Waals surface area contributed by atoms with Gasteiger partial charge in [-0.1, -0.05) is 0 Å². The van der Waals surface area contributed by atoms with Crippen LogP contribution in [0.3, 0.4) is 0 Å². The van der Waals surface area contributed by atoms with E-state index in [2.05, 4.69) is 11.4 Å². The first kappa shape index (κ1) is 6.53. The molecule has 1 rings (SSSR count). The Balaban J connectivity index is 2.59. The summed E-state index contributed by atoms with van der Waals surface area (Å²) in [6.45, 7) is 1.23. The molecule has 0 radical (unpaired) electrons. The molecular weight excluding hydrogens is 116 g/mol. The highest BCUT2D eigenvalue weighted by molar-refractivity contribution is 5.08. The normalized spacial score (nSPS) is 34.2. The number of hydrogen-bond donors (Lipinski definition) is 1. The summed E-state index contributed by atoms with van der Waals surface area (Å²) in [4.78, 5) is 0. The third-order valence-corrected chi connectivity index (χ3v) is 1.71. The third-order valence-electron chi connectivity index (χ3n) is 1.71. The molecule has 3 nitrogen and oxygen atoms in total. The maximum Gasteiger partial charge on any atom is 0.132 e. The van der Waals surface area contributed by atoms with Crippen LogP contribution in [0.15, 0.2) is 0 Å². The van der Waals surface area contributed by atoms with Gasteiger partial charge in [0, 0.05) is 13.0 Å². The first-order valence-corrected chi connectivity index (χ1v) is 3.01. The van der Waals surface area contributed by atoms with Gasteiger partial charge in [0.05, 0.1) is 12.7 Å². The van der Waals surface area contributed by atoms with Crippen LogP contribution in [0, 0.1) is 11.3 Å². The van der Waals surface area contributed by atoms with E-state index in [1.54, 1.807) is 7.05 Å². The molecule has 50 valence electrons. The summed E-state index contributed by atoms with van der Waals surface area (Å²) in [5.41, 5.74) is -0.389. The van der Waals surface area contributed by atoms with Gasteiger partial charge in [-0.3, -0.25) is 0 Å². The van der Waals surface area contributed by atoms with Crippen LogP contribution < -0.4 is 5.32 Å². The molecule has 0 amide bonds. The quantitative estimate of drug-likeness (QED) is 0.533. The van der Waals surface area contributed by atoms with E-state index in [-0.39, 0.29) is 5.54 Å². The lowest BCUT2D eigenvalue weighted by atomic mass is 10.0. The molecule has 1 saturated heterocycles. The number of nitriles is 1. The summed E-state index contributed by atoms with van der Waals surface area (Å²) < 4.78 is 5.06. The van der Waals surface area contributed by atoms with Crippen LogP contribution in [0.1, 0.15) is 6.42 Å². The molecule has 1 atom stereocenters. The lowest BCUT2D eigenvalue weighted by Gasteiger charge is -2.15. The Morgan fingerprint density at radius 3 is 2.78 bits per heavy atom. The van der Waals surface area contributed by atoms with Gasteiger partial charge in [0.25, 0.3) is 0 Å². The van der Waals surface area contributed by atoms with Crippen molar-refractivity contribution < 1.29 is 4.74 Å². The lowest BCUT2D eigenvalue weighted by Crippen LogP contribution is -2.41.